The summed E-state index contributed by atoms with van der Waals surface area (Å²) >= 11 is 1.61. The molecule has 27 heavy (non-hydrogen) atoms. The highest BCUT2D eigenvalue weighted by Gasteiger charge is 2.25. The largest absolute Gasteiger partial charge is 0.464 e. The Labute approximate surface area is 164 Å². The molecule has 0 aliphatic rings. The van der Waals surface area contributed by atoms with Crippen LogP contribution in [0.2, 0.25) is 0 Å². The molecule has 0 aliphatic carbocycles. The average molecular weight is 388 g/mol. The van der Waals surface area contributed by atoms with Crippen LogP contribution in [-0.4, -0.2) is 24.9 Å². The van der Waals surface area contributed by atoms with Gasteiger partial charge in [-0.05, 0) is 35.9 Å². The van der Waals surface area contributed by atoms with Gasteiger partial charge in [0.25, 0.3) is 0 Å². The quantitative estimate of drug-likeness (QED) is 0.383. The van der Waals surface area contributed by atoms with Crippen LogP contribution in [0.3, 0.4) is 0 Å². The monoisotopic (exact) mass is 387 g/mol. The summed E-state index contributed by atoms with van der Waals surface area (Å²) in [5.41, 5.74) is 1.53. The van der Waals surface area contributed by atoms with E-state index in [4.69, 9.17) is 9.47 Å². The van der Waals surface area contributed by atoms with Gasteiger partial charge >= 0.3 is 12.1 Å². The van der Waals surface area contributed by atoms with Crippen molar-refractivity contribution < 1.29 is 19.1 Å². The fourth-order valence-corrected chi connectivity index (χ4v) is 2.77. The standard InChI is InChI=1S/C21H25NO4S/c1-3-4-14-25-20(23)19(17-10-12-18(27-2)13-11-17)22-21(24)26-15-16-8-6-5-7-9-16/h5-13,19H,3-4,14-15H2,1-2H3,(H,22,24). The Hall–Kier alpha value is -2.47. The van der Waals surface area contributed by atoms with Crippen molar-refractivity contribution >= 4 is 23.8 Å². The lowest BCUT2D eigenvalue weighted by molar-refractivity contribution is -0.146. The Kier molecular flexibility index (Phi) is 8.71. The molecule has 0 spiro atoms. The van der Waals surface area contributed by atoms with Crippen molar-refractivity contribution in [3.8, 4) is 0 Å². The van der Waals surface area contributed by atoms with Crippen molar-refractivity contribution in [1.29, 1.82) is 0 Å². The zero-order valence-electron chi connectivity index (χ0n) is 15.6. The second-order valence-corrected chi connectivity index (χ2v) is 6.81. The minimum absolute atomic E-state index is 0.135. The molecule has 0 fully saturated rings. The van der Waals surface area contributed by atoms with E-state index in [2.05, 4.69) is 5.32 Å². The van der Waals surface area contributed by atoms with E-state index in [1.165, 1.54) is 0 Å². The minimum atomic E-state index is -0.902. The van der Waals surface area contributed by atoms with Crippen LogP contribution in [0.25, 0.3) is 0 Å². The van der Waals surface area contributed by atoms with Gasteiger partial charge < -0.3 is 14.8 Å². The van der Waals surface area contributed by atoms with Gasteiger partial charge in [0.1, 0.15) is 6.61 Å². The van der Waals surface area contributed by atoms with E-state index < -0.39 is 18.1 Å². The molecule has 6 heteroatoms. The highest BCUT2D eigenvalue weighted by Crippen LogP contribution is 2.20. The molecule has 0 saturated heterocycles. The van der Waals surface area contributed by atoms with Gasteiger partial charge in [0.2, 0.25) is 0 Å². The van der Waals surface area contributed by atoms with Crippen molar-refractivity contribution in [2.75, 3.05) is 12.9 Å². The summed E-state index contributed by atoms with van der Waals surface area (Å²) in [4.78, 5) is 25.8. The average Bonchev–Trinajstić information content (AvgIpc) is 2.71. The van der Waals surface area contributed by atoms with E-state index in [-0.39, 0.29) is 6.61 Å². The Bertz CT molecular complexity index is 719. The van der Waals surface area contributed by atoms with E-state index in [1.807, 2.05) is 67.8 Å². The number of ether oxygens (including phenoxy) is 2. The molecule has 2 aromatic rings. The van der Waals surface area contributed by atoms with Gasteiger partial charge in [-0.1, -0.05) is 55.8 Å². The Morgan fingerprint density at radius 3 is 2.37 bits per heavy atom. The lowest BCUT2D eigenvalue weighted by Crippen LogP contribution is -2.35. The van der Waals surface area contributed by atoms with E-state index in [0.29, 0.717) is 12.2 Å². The van der Waals surface area contributed by atoms with E-state index in [1.54, 1.807) is 11.8 Å². The van der Waals surface area contributed by atoms with Crippen molar-refractivity contribution in [2.24, 2.45) is 0 Å². The van der Waals surface area contributed by atoms with Crippen LogP contribution in [0.5, 0.6) is 0 Å². The van der Waals surface area contributed by atoms with Gasteiger partial charge in [-0.15, -0.1) is 11.8 Å². The number of thioether (sulfide) groups is 1. The summed E-state index contributed by atoms with van der Waals surface area (Å²) in [7, 11) is 0. The second kappa shape index (κ2) is 11.3. The Balaban J connectivity index is 2.03. The SMILES string of the molecule is CCCCOC(=O)C(NC(=O)OCc1ccccc1)c1ccc(SC)cc1. The first-order valence-corrected chi connectivity index (χ1v) is 10.1. The third-order valence-electron chi connectivity index (χ3n) is 3.90. The molecule has 1 unspecified atom stereocenters. The molecule has 1 N–H and O–H groups in total. The molecule has 0 saturated carbocycles. The smallest absolute Gasteiger partial charge is 0.408 e. The van der Waals surface area contributed by atoms with Gasteiger partial charge in [0, 0.05) is 4.90 Å². The van der Waals surface area contributed by atoms with E-state index in [9.17, 15) is 9.59 Å². The number of alkyl carbamates (subject to hydrolysis) is 1. The molecule has 5 nitrogen and oxygen atoms in total. The highest BCUT2D eigenvalue weighted by molar-refractivity contribution is 7.98. The molecular weight excluding hydrogens is 362 g/mol. The van der Waals surface area contributed by atoms with E-state index >= 15 is 0 Å². The Morgan fingerprint density at radius 1 is 1.04 bits per heavy atom. The maximum absolute atomic E-state index is 12.5. The van der Waals surface area contributed by atoms with Crippen molar-refractivity contribution in [2.45, 2.75) is 37.3 Å². The topological polar surface area (TPSA) is 64.6 Å². The molecule has 1 amide bonds. The van der Waals surface area contributed by atoms with Crippen LogP contribution in [-0.2, 0) is 20.9 Å². The normalized spacial score (nSPS) is 11.5. The van der Waals surface area contributed by atoms with E-state index in [0.717, 1.165) is 23.3 Å². The lowest BCUT2D eigenvalue weighted by atomic mass is 10.1. The Morgan fingerprint density at radius 2 is 1.74 bits per heavy atom. The third kappa shape index (κ3) is 6.98. The summed E-state index contributed by atoms with van der Waals surface area (Å²) in [6.07, 6.45) is 3.02. The zero-order valence-corrected chi connectivity index (χ0v) is 16.5. The molecule has 0 aliphatic heterocycles. The van der Waals surface area contributed by atoms with Crippen molar-refractivity contribution in [3.63, 3.8) is 0 Å². The zero-order chi connectivity index (χ0) is 19.5. The fraction of sp³-hybridized carbons (Fsp3) is 0.333. The molecule has 2 rings (SSSR count). The number of carbonyl (C=O) groups excluding carboxylic acids is 2. The van der Waals surface area contributed by atoms with Gasteiger partial charge in [-0.25, -0.2) is 9.59 Å². The van der Waals surface area contributed by atoms with Gasteiger partial charge in [-0.2, -0.15) is 0 Å². The third-order valence-corrected chi connectivity index (χ3v) is 4.65. The minimum Gasteiger partial charge on any atom is -0.464 e. The first kappa shape index (κ1) is 20.8. The number of unbranched alkanes of at least 4 members (excludes halogenated alkanes) is 1. The molecule has 2 aromatic carbocycles. The fourth-order valence-electron chi connectivity index (χ4n) is 2.36. The predicted molar refractivity (Wildman–Crippen MR) is 107 cm³/mol. The molecular formula is C21H25NO4S. The predicted octanol–water partition coefficient (Wildman–Crippen LogP) is 4.72. The summed E-state index contributed by atoms with van der Waals surface area (Å²) in [6, 6.07) is 15.9. The second-order valence-electron chi connectivity index (χ2n) is 5.93. The van der Waals surface area contributed by atoms with Crippen LogP contribution in [0.15, 0.2) is 59.5 Å². The molecule has 1 atom stereocenters. The molecule has 0 bridgehead atoms. The number of amides is 1. The number of hydrogen-bond acceptors (Lipinski definition) is 5. The maximum atomic E-state index is 12.5. The van der Waals surface area contributed by atoms with Crippen LogP contribution < -0.4 is 5.32 Å². The number of carbonyl (C=O) groups is 2. The summed E-state index contributed by atoms with van der Waals surface area (Å²) in [5, 5.41) is 2.63. The number of rotatable bonds is 9. The van der Waals surface area contributed by atoms with Gasteiger partial charge in [0.15, 0.2) is 6.04 Å². The van der Waals surface area contributed by atoms with Crippen LogP contribution in [0.1, 0.15) is 36.9 Å². The molecule has 0 aromatic heterocycles. The van der Waals surface area contributed by atoms with Crippen molar-refractivity contribution in [3.05, 3.63) is 65.7 Å². The van der Waals surface area contributed by atoms with Crippen molar-refractivity contribution in [1.82, 2.24) is 5.32 Å². The summed E-state index contributed by atoms with van der Waals surface area (Å²) in [6.45, 7) is 2.48. The van der Waals surface area contributed by atoms with Gasteiger partial charge in [-0.3, -0.25) is 0 Å². The molecule has 0 heterocycles. The van der Waals surface area contributed by atoms with Crippen LogP contribution >= 0.6 is 11.8 Å². The van der Waals surface area contributed by atoms with Crippen LogP contribution in [0, 0.1) is 0 Å². The maximum Gasteiger partial charge on any atom is 0.408 e. The first-order chi connectivity index (χ1) is 13.1. The summed E-state index contributed by atoms with van der Waals surface area (Å²) < 4.78 is 10.5. The number of hydrogen-bond donors (Lipinski definition) is 1. The molecule has 144 valence electrons. The first-order valence-electron chi connectivity index (χ1n) is 8.91. The van der Waals surface area contributed by atoms with Gasteiger partial charge in [0.05, 0.1) is 6.61 Å². The lowest BCUT2D eigenvalue weighted by Gasteiger charge is -2.18. The number of benzene rings is 2. The number of esters is 1. The molecule has 0 radical (unpaired) electrons. The highest BCUT2D eigenvalue weighted by atomic mass is 32.2. The van der Waals surface area contributed by atoms with Crippen LogP contribution in [0.4, 0.5) is 4.79 Å². The number of nitrogens with one attached hydrogen (secondary N) is 1. The summed E-state index contributed by atoms with van der Waals surface area (Å²) in [5.74, 6) is -0.489.